The number of carbonyl (C=O) groups is 1. The summed E-state index contributed by atoms with van der Waals surface area (Å²) in [5.41, 5.74) is -0.889. The van der Waals surface area contributed by atoms with Gasteiger partial charge in [0.25, 0.3) is 5.91 Å². The maximum atomic E-state index is 12.7. The van der Waals surface area contributed by atoms with E-state index in [-0.39, 0.29) is 17.6 Å². The standard InChI is InChI=1S/C13H16F3N3O2S2/c14-13(15,16)10-8-23-12(17-10)19-1-4-21-9(7-19)11(20)18-2-5-22-6-3-18/h8-9H,1-7H2. The average Bonchev–Trinajstić information content (AvgIpc) is 3.05. The first-order chi connectivity index (χ1) is 10.9. The van der Waals surface area contributed by atoms with Crippen molar-refractivity contribution in [2.45, 2.75) is 12.3 Å². The van der Waals surface area contributed by atoms with Gasteiger partial charge in [-0.1, -0.05) is 0 Å². The van der Waals surface area contributed by atoms with Gasteiger partial charge in [-0.15, -0.1) is 11.3 Å². The molecule has 3 heterocycles. The van der Waals surface area contributed by atoms with Crippen molar-refractivity contribution >= 4 is 34.1 Å². The van der Waals surface area contributed by atoms with Crippen molar-refractivity contribution in [2.75, 3.05) is 49.2 Å². The summed E-state index contributed by atoms with van der Waals surface area (Å²) in [5.74, 6) is 1.73. The van der Waals surface area contributed by atoms with Crippen molar-refractivity contribution in [1.29, 1.82) is 0 Å². The topological polar surface area (TPSA) is 45.7 Å². The Morgan fingerprint density at radius 2 is 2.04 bits per heavy atom. The van der Waals surface area contributed by atoms with Gasteiger partial charge in [0.05, 0.1) is 13.2 Å². The Balaban J connectivity index is 1.66. The largest absolute Gasteiger partial charge is 0.434 e. The van der Waals surface area contributed by atoms with E-state index < -0.39 is 18.0 Å². The number of nitrogens with zero attached hydrogens (tertiary/aromatic N) is 3. The number of halogens is 3. The van der Waals surface area contributed by atoms with Crippen molar-refractivity contribution in [1.82, 2.24) is 9.88 Å². The number of aromatic nitrogens is 1. The molecule has 1 aromatic rings. The fourth-order valence-electron chi connectivity index (χ4n) is 2.50. The van der Waals surface area contributed by atoms with E-state index in [1.165, 1.54) is 0 Å². The molecule has 3 rings (SSSR count). The fourth-order valence-corrected chi connectivity index (χ4v) is 4.27. The van der Waals surface area contributed by atoms with Crippen LogP contribution in [0, 0.1) is 0 Å². The van der Waals surface area contributed by atoms with E-state index in [1.807, 2.05) is 0 Å². The number of ether oxygens (including phenoxy) is 1. The van der Waals surface area contributed by atoms with Crippen LogP contribution in [-0.4, -0.2) is 66.2 Å². The lowest BCUT2D eigenvalue weighted by atomic mass is 10.2. The van der Waals surface area contributed by atoms with E-state index in [0.717, 1.165) is 28.2 Å². The van der Waals surface area contributed by atoms with Gasteiger partial charge in [0.1, 0.15) is 0 Å². The second kappa shape index (κ2) is 6.86. The first-order valence-corrected chi connectivity index (χ1v) is 9.24. The highest BCUT2D eigenvalue weighted by molar-refractivity contribution is 7.99. The number of amides is 1. The molecule has 0 radical (unpaired) electrons. The molecular weight excluding hydrogens is 351 g/mol. The van der Waals surface area contributed by atoms with Gasteiger partial charge in [-0.3, -0.25) is 4.79 Å². The fraction of sp³-hybridized carbons (Fsp3) is 0.692. The third kappa shape index (κ3) is 3.92. The summed E-state index contributed by atoms with van der Waals surface area (Å²) in [4.78, 5) is 19.6. The second-order valence-corrected chi connectivity index (χ2v) is 7.32. The molecule has 0 bridgehead atoms. The van der Waals surface area contributed by atoms with Crippen LogP contribution in [0.1, 0.15) is 5.69 Å². The Labute approximate surface area is 139 Å². The van der Waals surface area contributed by atoms with E-state index in [0.29, 0.717) is 26.2 Å². The third-order valence-electron chi connectivity index (χ3n) is 3.72. The van der Waals surface area contributed by atoms with Crippen molar-refractivity contribution in [3.05, 3.63) is 11.1 Å². The molecule has 0 aliphatic carbocycles. The molecule has 2 aliphatic heterocycles. The average molecular weight is 367 g/mol. The quantitative estimate of drug-likeness (QED) is 0.800. The summed E-state index contributed by atoms with van der Waals surface area (Å²) >= 11 is 2.75. The van der Waals surface area contributed by atoms with Crippen LogP contribution in [0.2, 0.25) is 0 Å². The summed E-state index contributed by atoms with van der Waals surface area (Å²) in [6.45, 7) is 2.37. The van der Waals surface area contributed by atoms with Gasteiger partial charge in [0.2, 0.25) is 0 Å². The highest BCUT2D eigenvalue weighted by atomic mass is 32.2. The lowest BCUT2D eigenvalue weighted by molar-refractivity contribution is -0.144. The van der Waals surface area contributed by atoms with Crippen LogP contribution in [0.3, 0.4) is 0 Å². The molecule has 10 heteroatoms. The number of carbonyl (C=O) groups excluding carboxylic acids is 1. The zero-order chi connectivity index (χ0) is 16.4. The first-order valence-electron chi connectivity index (χ1n) is 7.21. The molecule has 2 aliphatic rings. The molecule has 0 saturated carbocycles. The zero-order valence-corrected chi connectivity index (χ0v) is 13.8. The summed E-state index contributed by atoms with van der Waals surface area (Å²) in [7, 11) is 0. The smallest absolute Gasteiger partial charge is 0.365 e. The molecule has 2 saturated heterocycles. The molecule has 23 heavy (non-hydrogen) atoms. The second-order valence-electron chi connectivity index (χ2n) is 5.26. The molecule has 2 fully saturated rings. The number of thiazole rings is 1. The minimum absolute atomic E-state index is 0.0809. The molecule has 0 spiro atoms. The maximum absolute atomic E-state index is 12.7. The first kappa shape index (κ1) is 16.8. The highest BCUT2D eigenvalue weighted by Gasteiger charge is 2.36. The van der Waals surface area contributed by atoms with Crippen LogP contribution in [0.25, 0.3) is 0 Å². The summed E-state index contributed by atoms with van der Waals surface area (Å²) in [6.07, 6.45) is -5.08. The molecule has 1 amide bonds. The van der Waals surface area contributed by atoms with Crippen molar-refractivity contribution in [3.8, 4) is 0 Å². The van der Waals surface area contributed by atoms with Crippen LogP contribution in [0.5, 0.6) is 0 Å². The van der Waals surface area contributed by atoms with Crippen LogP contribution >= 0.6 is 23.1 Å². The number of thioether (sulfide) groups is 1. The lowest BCUT2D eigenvalue weighted by Gasteiger charge is -2.36. The predicted octanol–water partition coefficient (Wildman–Crippen LogP) is 1.94. The maximum Gasteiger partial charge on any atom is 0.434 e. The molecule has 1 unspecified atom stereocenters. The minimum Gasteiger partial charge on any atom is -0.365 e. The Bertz CT molecular complexity index is 561. The predicted molar refractivity (Wildman–Crippen MR) is 83.0 cm³/mol. The highest BCUT2D eigenvalue weighted by Crippen LogP contribution is 2.33. The van der Waals surface area contributed by atoms with Gasteiger partial charge in [-0.05, 0) is 0 Å². The molecule has 5 nitrogen and oxygen atoms in total. The molecule has 0 aromatic carbocycles. The number of hydrogen-bond acceptors (Lipinski definition) is 6. The zero-order valence-electron chi connectivity index (χ0n) is 12.2. The molecule has 1 aromatic heterocycles. The molecule has 128 valence electrons. The summed E-state index contributed by atoms with van der Waals surface area (Å²) in [6, 6.07) is 0. The van der Waals surface area contributed by atoms with Gasteiger partial charge in [-0.2, -0.15) is 24.9 Å². The Kier molecular flexibility index (Phi) is 5.02. The van der Waals surface area contributed by atoms with Gasteiger partial charge >= 0.3 is 6.18 Å². The molecule has 0 N–H and O–H groups in total. The van der Waals surface area contributed by atoms with Crippen molar-refractivity contribution < 1.29 is 22.7 Å². The number of rotatable bonds is 2. The van der Waals surface area contributed by atoms with E-state index >= 15 is 0 Å². The third-order valence-corrected chi connectivity index (χ3v) is 5.56. The van der Waals surface area contributed by atoms with Crippen LogP contribution in [0.4, 0.5) is 18.3 Å². The van der Waals surface area contributed by atoms with Gasteiger partial charge in [-0.25, -0.2) is 4.98 Å². The van der Waals surface area contributed by atoms with E-state index in [4.69, 9.17) is 4.74 Å². The summed E-state index contributed by atoms with van der Waals surface area (Å²) in [5, 5.41) is 1.29. The monoisotopic (exact) mass is 367 g/mol. The normalized spacial score (nSPS) is 23.2. The van der Waals surface area contributed by atoms with E-state index in [1.54, 1.807) is 21.6 Å². The van der Waals surface area contributed by atoms with Crippen LogP contribution in [-0.2, 0) is 15.7 Å². The van der Waals surface area contributed by atoms with E-state index in [2.05, 4.69) is 4.98 Å². The number of alkyl halides is 3. The number of hydrogen-bond donors (Lipinski definition) is 0. The molecular formula is C13H16F3N3O2S2. The SMILES string of the molecule is O=C(C1CN(c2nc(C(F)(F)F)cs2)CCO1)N1CCSCC1. The van der Waals surface area contributed by atoms with E-state index in [9.17, 15) is 18.0 Å². The lowest BCUT2D eigenvalue weighted by Crippen LogP contribution is -2.52. The molecule has 1 atom stereocenters. The van der Waals surface area contributed by atoms with Crippen molar-refractivity contribution in [3.63, 3.8) is 0 Å². The van der Waals surface area contributed by atoms with Crippen molar-refractivity contribution in [2.24, 2.45) is 0 Å². The van der Waals surface area contributed by atoms with Gasteiger partial charge in [0.15, 0.2) is 16.9 Å². The Morgan fingerprint density at radius 1 is 1.30 bits per heavy atom. The summed E-state index contributed by atoms with van der Waals surface area (Å²) < 4.78 is 43.5. The minimum atomic E-state index is -4.44. The van der Waals surface area contributed by atoms with Crippen LogP contribution < -0.4 is 4.90 Å². The number of morpholine rings is 1. The van der Waals surface area contributed by atoms with Gasteiger partial charge < -0.3 is 14.5 Å². The number of anilines is 1. The Hall–Kier alpha value is -1.00. The van der Waals surface area contributed by atoms with Gasteiger partial charge in [0, 0.05) is 36.5 Å². The van der Waals surface area contributed by atoms with Crippen LogP contribution in [0.15, 0.2) is 5.38 Å². The Morgan fingerprint density at radius 3 is 2.70 bits per heavy atom.